The van der Waals surface area contributed by atoms with E-state index in [2.05, 4.69) is 81.5 Å². The summed E-state index contributed by atoms with van der Waals surface area (Å²) in [6.45, 7) is 6.49. The molecule has 0 saturated carbocycles. The Balaban J connectivity index is 4.43. The maximum atomic E-state index is 12.8. The van der Waals surface area contributed by atoms with Crippen LogP contribution in [0.25, 0.3) is 0 Å². The third-order valence-corrected chi connectivity index (χ3v) is 11.5. The molecule has 0 fully saturated rings. The van der Waals surface area contributed by atoms with Gasteiger partial charge in [-0.25, -0.2) is 0 Å². The van der Waals surface area contributed by atoms with Crippen LogP contribution in [0.15, 0.2) is 60.8 Å². The summed E-state index contributed by atoms with van der Waals surface area (Å²) in [6, 6.07) is 0. The lowest BCUT2D eigenvalue weighted by Crippen LogP contribution is -2.30. The molecule has 0 rings (SSSR count). The highest BCUT2D eigenvalue weighted by Crippen LogP contribution is 2.15. The van der Waals surface area contributed by atoms with Gasteiger partial charge in [0.1, 0.15) is 13.2 Å². The molecule has 6 nitrogen and oxygen atoms in total. The first-order valence-corrected chi connectivity index (χ1v) is 26.8. The Morgan fingerprint density at radius 2 is 0.619 bits per heavy atom. The Kier molecular flexibility index (Phi) is 49.4. The molecule has 0 radical (unpaired) electrons. The highest BCUT2D eigenvalue weighted by molar-refractivity contribution is 5.71. The molecule has 0 heterocycles. The lowest BCUT2D eigenvalue weighted by molar-refractivity contribution is -0.167. The lowest BCUT2D eigenvalue weighted by Gasteiger charge is -2.18. The summed E-state index contributed by atoms with van der Waals surface area (Å²) < 4.78 is 16.8. The predicted octanol–water partition coefficient (Wildman–Crippen LogP) is 17.6. The highest BCUT2D eigenvalue weighted by Gasteiger charge is 2.19. The number of carbonyl (C=O) groups excluding carboxylic acids is 3. The van der Waals surface area contributed by atoms with Gasteiger partial charge in [0.25, 0.3) is 0 Å². The van der Waals surface area contributed by atoms with Crippen LogP contribution in [0.4, 0.5) is 0 Å². The van der Waals surface area contributed by atoms with Gasteiger partial charge in [0.2, 0.25) is 0 Å². The van der Waals surface area contributed by atoms with E-state index in [1.54, 1.807) is 0 Å². The maximum Gasteiger partial charge on any atom is 0.306 e. The topological polar surface area (TPSA) is 78.9 Å². The molecule has 0 saturated heterocycles. The predicted molar refractivity (Wildman–Crippen MR) is 270 cm³/mol. The SMILES string of the molecule is CC/C=C\C/C=C\C/C=C\C/C=C\CCCCC(=O)O[C@H](COC(=O)CCCCCCC/C=C\CCCCCCC)COC(=O)CCCCCCCCCCCCCCCCCC. The van der Waals surface area contributed by atoms with E-state index in [1.165, 1.54) is 135 Å². The minimum absolute atomic E-state index is 0.0913. The molecular weight excluding hydrogens is 781 g/mol. The minimum atomic E-state index is -0.796. The number of esters is 3. The lowest BCUT2D eigenvalue weighted by atomic mass is 10.0. The van der Waals surface area contributed by atoms with Gasteiger partial charge in [0.05, 0.1) is 0 Å². The molecule has 0 aromatic rings. The van der Waals surface area contributed by atoms with Crippen LogP contribution >= 0.6 is 0 Å². The first-order valence-electron chi connectivity index (χ1n) is 26.8. The van der Waals surface area contributed by atoms with Crippen molar-refractivity contribution < 1.29 is 28.6 Å². The molecule has 0 aliphatic heterocycles. The van der Waals surface area contributed by atoms with Gasteiger partial charge in [0.15, 0.2) is 6.10 Å². The number of allylic oxidation sites excluding steroid dienone is 10. The summed E-state index contributed by atoms with van der Waals surface area (Å²) in [5.74, 6) is -0.934. The summed E-state index contributed by atoms with van der Waals surface area (Å²) in [5, 5.41) is 0. The average Bonchev–Trinajstić information content (AvgIpc) is 3.28. The van der Waals surface area contributed by atoms with Crippen LogP contribution in [0.1, 0.15) is 265 Å². The largest absolute Gasteiger partial charge is 0.462 e. The normalized spacial score (nSPS) is 12.5. The Hall–Kier alpha value is -2.89. The second kappa shape index (κ2) is 51.7. The highest BCUT2D eigenvalue weighted by atomic mass is 16.6. The Bertz CT molecular complexity index is 1150. The van der Waals surface area contributed by atoms with Gasteiger partial charge in [-0.2, -0.15) is 0 Å². The number of ether oxygens (including phenoxy) is 3. The molecule has 0 aromatic carbocycles. The molecule has 0 unspecified atom stereocenters. The van der Waals surface area contributed by atoms with E-state index in [-0.39, 0.29) is 37.5 Å². The van der Waals surface area contributed by atoms with Gasteiger partial charge in [-0.3, -0.25) is 14.4 Å². The van der Waals surface area contributed by atoms with Crippen molar-refractivity contribution in [1.29, 1.82) is 0 Å². The van der Waals surface area contributed by atoms with Crippen molar-refractivity contribution >= 4 is 17.9 Å². The first-order chi connectivity index (χ1) is 31.0. The van der Waals surface area contributed by atoms with E-state index >= 15 is 0 Å². The standard InChI is InChI=1S/C57H100O6/c1-4-7-10-13-16-19-22-25-28-30-32-35-38-41-44-47-50-56(59)62-53-54(52-61-55(58)49-46-43-40-37-34-31-27-24-21-18-15-12-9-6-3)63-57(60)51-48-45-42-39-36-33-29-26-23-20-17-14-11-8-5-2/h8,11,17,20,24,26-27,29,36,39,54H,4-7,9-10,12-16,18-19,21-23,25,28,30-35,37-38,40-53H2,1-3H3/b11-8-,20-17-,27-24-,29-26-,39-36-/t54-/m1/s1. The summed E-state index contributed by atoms with van der Waals surface area (Å²) in [5.41, 5.74) is 0. The van der Waals surface area contributed by atoms with Crippen LogP contribution in [-0.2, 0) is 28.6 Å². The van der Waals surface area contributed by atoms with Crippen LogP contribution in [0.2, 0.25) is 0 Å². The van der Waals surface area contributed by atoms with Crippen molar-refractivity contribution in [3.8, 4) is 0 Å². The van der Waals surface area contributed by atoms with Gasteiger partial charge in [0, 0.05) is 19.3 Å². The van der Waals surface area contributed by atoms with E-state index in [9.17, 15) is 14.4 Å². The zero-order valence-electron chi connectivity index (χ0n) is 41.6. The number of unbranched alkanes of at least 4 members (excludes halogenated alkanes) is 27. The van der Waals surface area contributed by atoms with Crippen molar-refractivity contribution in [1.82, 2.24) is 0 Å². The maximum absolute atomic E-state index is 12.8. The summed E-state index contributed by atoms with van der Waals surface area (Å²) in [6.07, 6.45) is 63.5. The number of rotatable bonds is 48. The Labute approximate surface area is 390 Å². The monoisotopic (exact) mass is 881 g/mol. The van der Waals surface area contributed by atoms with E-state index < -0.39 is 6.10 Å². The fourth-order valence-electron chi connectivity index (χ4n) is 7.49. The third-order valence-electron chi connectivity index (χ3n) is 11.5. The van der Waals surface area contributed by atoms with E-state index in [0.29, 0.717) is 19.3 Å². The van der Waals surface area contributed by atoms with Crippen molar-refractivity contribution in [3.05, 3.63) is 60.8 Å². The van der Waals surface area contributed by atoms with Crippen LogP contribution in [0.5, 0.6) is 0 Å². The second-order valence-corrected chi connectivity index (χ2v) is 17.8. The van der Waals surface area contributed by atoms with Crippen molar-refractivity contribution in [2.24, 2.45) is 0 Å². The Morgan fingerprint density at radius 1 is 0.333 bits per heavy atom. The summed E-state index contributed by atoms with van der Waals surface area (Å²) in [4.78, 5) is 38.0. The smallest absolute Gasteiger partial charge is 0.306 e. The molecule has 63 heavy (non-hydrogen) atoms. The molecular formula is C57H100O6. The summed E-state index contributed by atoms with van der Waals surface area (Å²) >= 11 is 0. The van der Waals surface area contributed by atoms with Crippen LogP contribution in [0, 0.1) is 0 Å². The van der Waals surface area contributed by atoms with Crippen molar-refractivity contribution in [3.63, 3.8) is 0 Å². The fourth-order valence-corrected chi connectivity index (χ4v) is 7.49. The van der Waals surface area contributed by atoms with Crippen molar-refractivity contribution in [2.75, 3.05) is 13.2 Å². The van der Waals surface area contributed by atoms with Crippen LogP contribution < -0.4 is 0 Å². The van der Waals surface area contributed by atoms with Gasteiger partial charge in [-0.15, -0.1) is 0 Å². The molecule has 0 aliphatic rings. The number of carbonyl (C=O) groups is 3. The van der Waals surface area contributed by atoms with Gasteiger partial charge < -0.3 is 14.2 Å². The molecule has 364 valence electrons. The Morgan fingerprint density at radius 3 is 1.02 bits per heavy atom. The fraction of sp³-hybridized carbons (Fsp3) is 0.772. The molecule has 0 spiro atoms. The molecule has 6 heteroatoms. The molecule has 1 atom stereocenters. The zero-order valence-corrected chi connectivity index (χ0v) is 41.6. The quantitative estimate of drug-likeness (QED) is 0.0262. The van der Waals surface area contributed by atoms with E-state index in [1.807, 2.05) is 0 Å². The zero-order chi connectivity index (χ0) is 45.8. The minimum Gasteiger partial charge on any atom is -0.462 e. The average molecular weight is 881 g/mol. The number of hydrogen-bond donors (Lipinski definition) is 0. The second-order valence-electron chi connectivity index (χ2n) is 17.8. The van der Waals surface area contributed by atoms with Crippen molar-refractivity contribution in [2.45, 2.75) is 271 Å². The summed E-state index contributed by atoms with van der Waals surface area (Å²) in [7, 11) is 0. The van der Waals surface area contributed by atoms with Crippen LogP contribution in [0.3, 0.4) is 0 Å². The molecule has 0 aromatic heterocycles. The first kappa shape index (κ1) is 60.1. The number of hydrogen-bond acceptors (Lipinski definition) is 6. The van der Waals surface area contributed by atoms with E-state index in [4.69, 9.17) is 14.2 Å². The van der Waals surface area contributed by atoms with Gasteiger partial charge in [-0.1, -0.05) is 223 Å². The molecule has 0 bridgehead atoms. The van der Waals surface area contributed by atoms with E-state index in [0.717, 1.165) is 83.5 Å². The third kappa shape index (κ3) is 50.0. The molecule has 0 N–H and O–H groups in total. The van der Waals surface area contributed by atoms with Crippen LogP contribution in [-0.4, -0.2) is 37.2 Å². The molecule has 0 amide bonds. The van der Waals surface area contributed by atoms with Gasteiger partial charge in [-0.05, 0) is 83.5 Å². The van der Waals surface area contributed by atoms with Gasteiger partial charge >= 0.3 is 17.9 Å². The molecule has 0 aliphatic carbocycles.